The zero-order chi connectivity index (χ0) is 14.9. The molecular formula is C15H20ClN3O. The van der Waals surface area contributed by atoms with E-state index in [2.05, 4.69) is 24.3 Å². The van der Waals surface area contributed by atoms with Gasteiger partial charge in [-0.1, -0.05) is 11.6 Å². The van der Waals surface area contributed by atoms with Gasteiger partial charge in [0.15, 0.2) is 0 Å². The number of phenolic OH excluding ortho intramolecular Hbond substituents is 1. The SMILES string of the molecule is Cc1nn(C(C)C)c(C)c1NCc1cc(Cl)ccc1O. The Balaban J connectivity index is 2.21. The van der Waals surface area contributed by atoms with E-state index in [1.165, 1.54) is 0 Å². The van der Waals surface area contributed by atoms with Crippen LogP contribution >= 0.6 is 11.6 Å². The highest BCUT2D eigenvalue weighted by Gasteiger charge is 2.13. The molecule has 0 radical (unpaired) electrons. The maximum Gasteiger partial charge on any atom is 0.120 e. The lowest BCUT2D eigenvalue weighted by molar-refractivity contribution is 0.469. The van der Waals surface area contributed by atoms with E-state index in [1.807, 2.05) is 18.5 Å². The summed E-state index contributed by atoms with van der Waals surface area (Å²) >= 11 is 5.95. The van der Waals surface area contributed by atoms with Crippen molar-refractivity contribution < 1.29 is 5.11 Å². The fraction of sp³-hybridized carbons (Fsp3) is 0.400. The van der Waals surface area contributed by atoms with Crippen molar-refractivity contribution in [3.8, 4) is 5.75 Å². The number of aromatic hydroxyl groups is 1. The summed E-state index contributed by atoms with van der Waals surface area (Å²) in [6, 6.07) is 5.37. The number of anilines is 1. The summed E-state index contributed by atoms with van der Waals surface area (Å²) in [6.45, 7) is 8.74. The molecule has 108 valence electrons. The summed E-state index contributed by atoms with van der Waals surface area (Å²) in [6.07, 6.45) is 0. The van der Waals surface area contributed by atoms with Crippen LogP contribution in [0.1, 0.15) is 36.8 Å². The second-order valence-corrected chi connectivity index (χ2v) is 5.65. The molecule has 0 aliphatic carbocycles. The van der Waals surface area contributed by atoms with Crippen molar-refractivity contribution in [2.45, 2.75) is 40.3 Å². The largest absolute Gasteiger partial charge is 0.508 e. The normalized spacial score (nSPS) is 11.1. The van der Waals surface area contributed by atoms with Crippen molar-refractivity contribution in [1.82, 2.24) is 9.78 Å². The van der Waals surface area contributed by atoms with Crippen molar-refractivity contribution >= 4 is 17.3 Å². The molecule has 0 fully saturated rings. The highest BCUT2D eigenvalue weighted by atomic mass is 35.5. The van der Waals surface area contributed by atoms with Gasteiger partial charge >= 0.3 is 0 Å². The Labute approximate surface area is 124 Å². The molecule has 1 aromatic carbocycles. The van der Waals surface area contributed by atoms with Crippen LogP contribution in [0.25, 0.3) is 0 Å². The molecule has 0 aliphatic rings. The van der Waals surface area contributed by atoms with E-state index in [0.29, 0.717) is 17.6 Å². The van der Waals surface area contributed by atoms with E-state index < -0.39 is 0 Å². The van der Waals surface area contributed by atoms with E-state index in [1.54, 1.807) is 18.2 Å². The first-order chi connectivity index (χ1) is 9.40. The highest BCUT2D eigenvalue weighted by Crippen LogP contribution is 2.26. The van der Waals surface area contributed by atoms with Crippen LogP contribution in [-0.4, -0.2) is 14.9 Å². The lowest BCUT2D eigenvalue weighted by Crippen LogP contribution is -2.06. The van der Waals surface area contributed by atoms with Crippen LogP contribution in [-0.2, 0) is 6.54 Å². The number of phenols is 1. The van der Waals surface area contributed by atoms with Gasteiger partial charge in [-0.05, 0) is 45.9 Å². The van der Waals surface area contributed by atoms with Crippen LogP contribution in [0.5, 0.6) is 5.75 Å². The van der Waals surface area contributed by atoms with Crippen molar-refractivity contribution in [3.63, 3.8) is 0 Å². The van der Waals surface area contributed by atoms with E-state index in [0.717, 1.165) is 22.6 Å². The summed E-state index contributed by atoms with van der Waals surface area (Å²) in [5.74, 6) is 0.244. The van der Waals surface area contributed by atoms with E-state index in [-0.39, 0.29) is 5.75 Å². The Kier molecular flexibility index (Phi) is 4.23. The lowest BCUT2D eigenvalue weighted by Gasteiger charge is -2.11. The molecule has 1 aromatic heterocycles. The summed E-state index contributed by atoms with van der Waals surface area (Å²) in [7, 11) is 0. The van der Waals surface area contributed by atoms with Gasteiger partial charge in [0.05, 0.1) is 17.1 Å². The van der Waals surface area contributed by atoms with Gasteiger partial charge in [0.1, 0.15) is 5.75 Å². The molecule has 0 saturated carbocycles. The third kappa shape index (κ3) is 2.90. The summed E-state index contributed by atoms with van der Waals surface area (Å²) in [5, 5.41) is 18.3. The average Bonchev–Trinajstić information content (AvgIpc) is 2.67. The van der Waals surface area contributed by atoms with Gasteiger partial charge in [0.25, 0.3) is 0 Å². The fourth-order valence-corrected chi connectivity index (χ4v) is 2.50. The fourth-order valence-electron chi connectivity index (χ4n) is 2.30. The number of halogens is 1. The predicted molar refractivity (Wildman–Crippen MR) is 82.5 cm³/mol. The van der Waals surface area contributed by atoms with Gasteiger partial charge < -0.3 is 10.4 Å². The van der Waals surface area contributed by atoms with Crippen LogP contribution in [0, 0.1) is 13.8 Å². The van der Waals surface area contributed by atoms with Crippen LogP contribution in [0.15, 0.2) is 18.2 Å². The third-order valence-corrected chi connectivity index (χ3v) is 3.55. The number of benzene rings is 1. The van der Waals surface area contributed by atoms with Crippen molar-refractivity contribution in [2.75, 3.05) is 5.32 Å². The minimum atomic E-state index is 0.244. The Hall–Kier alpha value is -1.68. The number of hydrogen-bond acceptors (Lipinski definition) is 3. The number of hydrogen-bond donors (Lipinski definition) is 2. The molecule has 0 spiro atoms. The van der Waals surface area contributed by atoms with Crippen LogP contribution < -0.4 is 5.32 Å². The van der Waals surface area contributed by atoms with Crippen LogP contribution in [0.4, 0.5) is 5.69 Å². The van der Waals surface area contributed by atoms with Crippen molar-refractivity contribution in [1.29, 1.82) is 0 Å². The zero-order valence-corrected chi connectivity index (χ0v) is 13.0. The summed E-state index contributed by atoms with van der Waals surface area (Å²) in [4.78, 5) is 0. The molecule has 4 nitrogen and oxygen atoms in total. The van der Waals surface area contributed by atoms with Gasteiger partial charge in [-0.15, -0.1) is 0 Å². The summed E-state index contributed by atoms with van der Waals surface area (Å²) < 4.78 is 2.00. The number of aromatic nitrogens is 2. The minimum absolute atomic E-state index is 0.244. The molecular weight excluding hydrogens is 274 g/mol. The second-order valence-electron chi connectivity index (χ2n) is 5.21. The monoisotopic (exact) mass is 293 g/mol. The molecule has 0 amide bonds. The van der Waals surface area contributed by atoms with Gasteiger partial charge in [0, 0.05) is 23.2 Å². The van der Waals surface area contributed by atoms with Crippen molar-refractivity contribution in [2.24, 2.45) is 0 Å². The van der Waals surface area contributed by atoms with Crippen LogP contribution in [0.3, 0.4) is 0 Å². The maximum atomic E-state index is 9.83. The smallest absolute Gasteiger partial charge is 0.120 e. The van der Waals surface area contributed by atoms with Crippen LogP contribution in [0.2, 0.25) is 5.02 Å². The Bertz CT molecular complexity index is 620. The Morgan fingerprint density at radius 2 is 2.05 bits per heavy atom. The van der Waals surface area contributed by atoms with Gasteiger partial charge in [-0.3, -0.25) is 4.68 Å². The standard InChI is InChI=1S/C15H20ClN3O/c1-9(2)19-11(4)15(10(3)18-19)17-8-12-7-13(16)5-6-14(12)20/h5-7,9,17,20H,8H2,1-4H3. The molecule has 0 bridgehead atoms. The lowest BCUT2D eigenvalue weighted by atomic mass is 10.2. The van der Waals surface area contributed by atoms with Crippen molar-refractivity contribution in [3.05, 3.63) is 40.2 Å². The summed E-state index contributed by atoms with van der Waals surface area (Å²) in [5.41, 5.74) is 3.84. The van der Waals surface area contributed by atoms with E-state index in [9.17, 15) is 5.11 Å². The van der Waals surface area contributed by atoms with Gasteiger partial charge in [0.2, 0.25) is 0 Å². The molecule has 20 heavy (non-hydrogen) atoms. The highest BCUT2D eigenvalue weighted by molar-refractivity contribution is 6.30. The number of aryl methyl sites for hydroxylation is 1. The first-order valence-electron chi connectivity index (χ1n) is 6.67. The predicted octanol–water partition coefficient (Wildman–Crippen LogP) is 4.05. The molecule has 2 aromatic rings. The number of rotatable bonds is 4. The number of nitrogens with one attached hydrogen (secondary N) is 1. The molecule has 1 heterocycles. The van der Waals surface area contributed by atoms with E-state index >= 15 is 0 Å². The average molecular weight is 294 g/mol. The maximum absolute atomic E-state index is 9.83. The second kappa shape index (κ2) is 5.75. The number of nitrogens with zero attached hydrogens (tertiary/aromatic N) is 2. The Morgan fingerprint density at radius 3 is 2.65 bits per heavy atom. The minimum Gasteiger partial charge on any atom is -0.508 e. The first-order valence-corrected chi connectivity index (χ1v) is 7.05. The molecule has 2 rings (SSSR count). The Morgan fingerprint density at radius 1 is 1.35 bits per heavy atom. The molecule has 0 aliphatic heterocycles. The molecule has 5 heteroatoms. The topological polar surface area (TPSA) is 50.1 Å². The molecule has 0 unspecified atom stereocenters. The van der Waals surface area contributed by atoms with E-state index in [4.69, 9.17) is 11.6 Å². The molecule has 0 atom stereocenters. The first kappa shape index (κ1) is 14.7. The molecule has 2 N–H and O–H groups in total. The third-order valence-electron chi connectivity index (χ3n) is 3.31. The van der Waals surface area contributed by atoms with Gasteiger partial charge in [-0.2, -0.15) is 5.10 Å². The zero-order valence-electron chi connectivity index (χ0n) is 12.2. The molecule has 0 saturated heterocycles. The van der Waals surface area contributed by atoms with Gasteiger partial charge in [-0.25, -0.2) is 0 Å². The quantitative estimate of drug-likeness (QED) is 0.894.